The van der Waals surface area contributed by atoms with Crippen molar-refractivity contribution in [3.63, 3.8) is 0 Å². The molecule has 0 saturated heterocycles. The van der Waals surface area contributed by atoms with Gasteiger partial charge >= 0.3 is 0 Å². The fourth-order valence-electron chi connectivity index (χ4n) is 2.91. The minimum atomic E-state index is 0.468. The summed E-state index contributed by atoms with van der Waals surface area (Å²) in [6.45, 7) is 6.16. The maximum absolute atomic E-state index is 9.58. The van der Waals surface area contributed by atoms with Crippen LogP contribution < -0.4 is 5.32 Å². The number of rotatable bonds is 4. The number of halogens is 2. The fourth-order valence-corrected chi connectivity index (χ4v) is 4.20. The summed E-state index contributed by atoms with van der Waals surface area (Å²) < 4.78 is 0. The summed E-state index contributed by atoms with van der Waals surface area (Å²) in [7, 11) is 0. The van der Waals surface area contributed by atoms with Crippen molar-refractivity contribution in [1.82, 2.24) is 4.98 Å². The molecular weight excluding hydrogens is 397 g/mol. The molecule has 0 aliphatic heterocycles. The number of nitriles is 1. The topological polar surface area (TPSA) is 48.7 Å². The van der Waals surface area contributed by atoms with Crippen molar-refractivity contribution >= 4 is 45.8 Å². The van der Waals surface area contributed by atoms with E-state index in [0.29, 0.717) is 20.6 Å². The lowest BCUT2D eigenvalue weighted by atomic mass is 10.1. The van der Waals surface area contributed by atoms with E-state index >= 15 is 0 Å². The highest BCUT2D eigenvalue weighted by atomic mass is 35.5. The van der Waals surface area contributed by atoms with Crippen molar-refractivity contribution in [3.8, 4) is 17.3 Å². The van der Waals surface area contributed by atoms with E-state index in [9.17, 15) is 5.26 Å². The van der Waals surface area contributed by atoms with Gasteiger partial charge in [-0.15, -0.1) is 11.3 Å². The summed E-state index contributed by atoms with van der Waals surface area (Å²) in [5.41, 5.74) is 6.47. The molecule has 1 aromatic heterocycles. The number of aromatic nitrogens is 1. The molecule has 0 atom stereocenters. The molecule has 0 aliphatic rings. The quantitative estimate of drug-likeness (QED) is 0.467. The van der Waals surface area contributed by atoms with Crippen molar-refractivity contribution < 1.29 is 0 Å². The lowest BCUT2D eigenvalue weighted by molar-refractivity contribution is 1.31. The summed E-state index contributed by atoms with van der Waals surface area (Å²) in [6.07, 6.45) is 1.71. The molecule has 1 heterocycles. The highest BCUT2D eigenvalue weighted by Gasteiger charge is 2.12. The Labute approximate surface area is 172 Å². The molecule has 3 nitrogen and oxygen atoms in total. The smallest absolute Gasteiger partial charge is 0.136 e. The standard InChI is InChI=1S/C21H17Cl2N3S/c1-12-6-13(2)20(14(3)7-12)25-10-15(9-24)21-26-19(11-27-21)17-5-4-16(22)8-18(17)23/h4-8,10-11,25H,1-3H3/b15-10-. The number of hydrogen-bond acceptors (Lipinski definition) is 4. The van der Waals surface area contributed by atoms with Gasteiger partial charge in [0.25, 0.3) is 0 Å². The number of nitrogens with one attached hydrogen (secondary N) is 1. The minimum Gasteiger partial charge on any atom is -0.360 e. The van der Waals surface area contributed by atoms with E-state index in [1.54, 1.807) is 18.3 Å². The van der Waals surface area contributed by atoms with Crippen LogP contribution in [0.25, 0.3) is 16.8 Å². The van der Waals surface area contributed by atoms with Gasteiger partial charge in [-0.1, -0.05) is 40.9 Å². The Morgan fingerprint density at radius 3 is 2.48 bits per heavy atom. The average Bonchev–Trinajstić information content (AvgIpc) is 3.06. The van der Waals surface area contributed by atoms with Gasteiger partial charge in [0, 0.05) is 27.9 Å². The summed E-state index contributed by atoms with van der Waals surface area (Å²) in [4.78, 5) is 4.57. The molecule has 0 saturated carbocycles. The van der Waals surface area contributed by atoms with Crippen LogP contribution in [-0.2, 0) is 0 Å². The predicted molar refractivity (Wildman–Crippen MR) is 115 cm³/mol. The first-order chi connectivity index (χ1) is 12.9. The summed E-state index contributed by atoms with van der Waals surface area (Å²) in [5.74, 6) is 0. The van der Waals surface area contributed by atoms with Crippen molar-refractivity contribution in [3.05, 3.63) is 73.7 Å². The zero-order valence-electron chi connectivity index (χ0n) is 15.1. The number of aryl methyl sites for hydroxylation is 3. The largest absolute Gasteiger partial charge is 0.360 e. The van der Waals surface area contributed by atoms with E-state index in [2.05, 4.69) is 35.4 Å². The molecule has 3 rings (SSSR count). The Morgan fingerprint density at radius 2 is 1.85 bits per heavy atom. The van der Waals surface area contributed by atoms with Gasteiger partial charge in [-0.25, -0.2) is 4.98 Å². The second-order valence-electron chi connectivity index (χ2n) is 6.25. The first kappa shape index (κ1) is 19.4. The number of anilines is 1. The fraction of sp³-hybridized carbons (Fsp3) is 0.143. The maximum Gasteiger partial charge on any atom is 0.136 e. The van der Waals surface area contributed by atoms with Gasteiger partial charge in [-0.3, -0.25) is 0 Å². The number of nitrogens with zero attached hydrogens (tertiary/aromatic N) is 2. The molecule has 0 aliphatic carbocycles. The van der Waals surface area contributed by atoms with Gasteiger partial charge < -0.3 is 5.32 Å². The van der Waals surface area contributed by atoms with Gasteiger partial charge in [0.1, 0.15) is 16.6 Å². The Morgan fingerprint density at radius 1 is 1.15 bits per heavy atom. The van der Waals surface area contributed by atoms with Crippen LogP contribution in [0.15, 0.2) is 41.9 Å². The third-order valence-corrected chi connectivity index (χ3v) is 5.52. The van der Waals surface area contributed by atoms with Crippen LogP contribution in [0.4, 0.5) is 5.69 Å². The van der Waals surface area contributed by atoms with E-state index in [-0.39, 0.29) is 0 Å². The second-order valence-corrected chi connectivity index (χ2v) is 7.95. The van der Waals surface area contributed by atoms with Gasteiger partial charge in [0.2, 0.25) is 0 Å². The van der Waals surface area contributed by atoms with Crippen LogP contribution in [0.5, 0.6) is 0 Å². The molecule has 6 heteroatoms. The number of benzene rings is 2. The molecule has 27 heavy (non-hydrogen) atoms. The van der Waals surface area contributed by atoms with Crippen LogP contribution in [0.2, 0.25) is 10.0 Å². The summed E-state index contributed by atoms with van der Waals surface area (Å²) in [5, 5.41) is 16.5. The van der Waals surface area contributed by atoms with Crippen molar-refractivity contribution in [2.45, 2.75) is 20.8 Å². The minimum absolute atomic E-state index is 0.468. The molecule has 0 bridgehead atoms. The molecule has 0 amide bonds. The van der Waals surface area contributed by atoms with Gasteiger partial charge in [-0.05, 0) is 50.1 Å². The number of hydrogen-bond donors (Lipinski definition) is 1. The van der Waals surface area contributed by atoms with Gasteiger partial charge in [0.15, 0.2) is 0 Å². The Hall–Kier alpha value is -2.32. The van der Waals surface area contributed by atoms with Crippen LogP contribution in [-0.4, -0.2) is 4.98 Å². The van der Waals surface area contributed by atoms with Gasteiger partial charge in [-0.2, -0.15) is 5.26 Å². The molecule has 1 N–H and O–H groups in total. The molecule has 2 aromatic carbocycles. The maximum atomic E-state index is 9.58. The van der Waals surface area contributed by atoms with E-state index in [4.69, 9.17) is 23.2 Å². The lowest BCUT2D eigenvalue weighted by Gasteiger charge is -2.11. The molecule has 3 aromatic rings. The average molecular weight is 414 g/mol. The highest BCUT2D eigenvalue weighted by molar-refractivity contribution is 7.11. The van der Waals surface area contributed by atoms with Crippen molar-refractivity contribution in [2.75, 3.05) is 5.32 Å². The number of thiazole rings is 1. The molecule has 136 valence electrons. The van der Waals surface area contributed by atoms with E-state index in [1.165, 1.54) is 16.9 Å². The Kier molecular flexibility index (Phi) is 5.86. The van der Waals surface area contributed by atoms with Crippen LogP contribution in [0.3, 0.4) is 0 Å². The van der Waals surface area contributed by atoms with Crippen molar-refractivity contribution in [2.24, 2.45) is 0 Å². The lowest BCUT2D eigenvalue weighted by Crippen LogP contribution is -1.97. The normalized spacial score (nSPS) is 11.3. The highest BCUT2D eigenvalue weighted by Crippen LogP contribution is 2.32. The van der Waals surface area contributed by atoms with Gasteiger partial charge in [0.05, 0.1) is 10.7 Å². The zero-order valence-corrected chi connectivity index (χ0v) is 17.4. The summed E-state index contributed by atoms with van der Waals surface area (Å²) >= 11 is 13.6. The van der Waals surface area contributed by atoms with E-state index in [1.807, 2.05) is 25.3 Å². The monoisotopic (exact) mass is 413 g/mol. The molecule has 0 spiro atoms. The molecular formula is C21H17Cl2N3S. The predicted octanol–water partition coefficient (Wildman–Crippen LogP) is 7.02. The molecule has 0 radical (unpaired) electrons. The van der Waals surface area contributed by atoms with Crippen LogP contribution in [0, 0.1) is 32.1 Å². The third-order valence-electron chi connectivity index (χ3n) is 4.10. The number of allylic oxidation sites excluding steroid dienone is 1. The van der Waals surface area contributed by atoms with E-state index < -0.39 is 0 Å². The summed E-state index contributed by atoms with van der Waals surface area (Å²) in [6, 6.07) is 11.7. The first-order valence-corrected chi connectivity index (χ1v) is 9.88. The molecule has 0 unspecified atom stereocenters. The zero-order chi connectivity index (χ0) is 19.6. The molecule has 0 fully saturated rings. The Balaban J connectivity index is 1.90. The van der Waals surface area contributed by atoms with E-state index in [0.717, 1.165) is 28.1 Å². The second kappa shape index (κ2) is 8.14. The third kappa shape index (κ3) is 4.33. The Bertz CT molecular complexity index is 1050. The van der Waals surface area contributed by atoms with Crippen LogP contribution >= 0.6 is 34.5 Å². The first-order valence-electron chi connectivity index (χ1n) is 8.25. The SMILES string of the molecule is Cc1cc(C)c(N/C=C(/C#N)c2nc(-c3ccc(Cl)cc3Cl)cs2)c(C)c1. The van der Waals surface area contributed by atoms with Crippen molar-refractivity contribution in [1.29, 1.82) is 5.26 Å². The van der Waals surface area contributed by atoms with Crippen LogP contribution in [0.1, 0.15) is 21.7 Å².